The van der Waals surface area contributed by atoms with Crippen molar-refractivity contribution in [1.29, 1.82) is 0 Å². The van der Waals surface area contributed by atoms with Crippen LogP contribution in [0, 0.1) is 0 Å². The molecule has 1 fully saturated rings. The Kier molecular flexibility index (Phi) is 4.38. The lowest BCUT2D eigenvalue weighted by atomic mass is 10.1. The summed E-state index contributed by atoms with van der Waals surface area (Å²) in [7, 11) is 0. The highest BCUT2D eigenvalue weighted by atomic mass is 16.5. The number of hydrogen-bond donors (Lipinski definition) is 2. The van der Waals surface area contributed by atoms with Crippen LogP contribution in [-0.2, 0) is 4.74 Å². The number of anilines is 2. The second-order valence-corrected chi connectivity index (χ2v) is 7.67. The maximum Gasteiger partial charge on any atom is 0.174 e. The van der Waals surface area contributed by atoms with Crippen molar-refractivity contribution in [3.8, 4) is 0 Å². The number of ether oxygens (including phenoxy) is 1. The molecule has 0 saturated carbocycles. The molecule has 0 unspecified atom stereocenters. The summed E-state index contributed by atoms with van der Waals surface area (Å²) in [6.45, 7) is 5.02. The van der Waals surface area contributed by atoms with Gasteiger partial charge in [0, 0.05) is 42.8 Å². The number of H-pyrrole nitrogens is 1. The SMILES string of the molecule is C1=C(c2ccc3n[nH]nc3c2)N=C(Nc2ccc(N3CCOCC3)cc2)C2=NCCN12. The fourth-order valence-electron chi connectivity index (χ4n) is 4.08. The minimum absolute atomic E-state index is 0.759. The van der Waals surface area contributed by atoms with Crippen LogP contribution in [0.1, 0.15) is 5.56 Å². The molecule has 9 heteroatoms. The Morgan fingerprint density at radius 1 is 0.935 bits per heavy atom. The maximum absolute atomic E-state index is 5.45. The molecule has 0 spiro atoms. The van der Waals surface area contributed by atoms with Crippen LogP contribution >= 0.6 is 0 Å². The Bertz CT molecular complexity index is 1200. The van der Waals surface area contributed by atoms with Gasteiger partial charge in [0.25, 0.3) is 0 Å². The molecule has 0 bridgehead atoms. The molecule has 1 saturated heterocycles. The van der Waals surface area contributed by atoms with Gasteiger partial charge in [-0.25, -0.2) is 4.99 Å². The number of hydrogen-bond acceptors (Lipinski definition) is 8. The number of amidine groups is 2. The molecule has 3 aliphatic heterocycles. The Hall–Kier alpha value is -3.72. The number of fused-ring (bicyclic) bond motifs is 2. The Balaban J connectivity index is 1.28. The average Bonchev–Trinajstić information content (AvgIpc) is 3.49. The third-order valence-electron chi connectivity index (χ3n) is 5.72. The number of benzene rings is 2. The minimum atomic E-state index is 0.759. The highest BCUT2D eigenvalue weighted by Gasteiger charge is 2.26. The normalized spacial score (nSPS) is 18.5. The van der Waals surface area contributed by atoms with Crippen LogP contribution in [0.15, 0.2) is 58.6 Å². The summed E-state index contributed by atoms with van der Waals surface area (Å²) >= 11 is 0. The number of rotatable bonds is 3. The van der Waals surface area contributed by atoms with Crippen LogP contribution in [0.25, 0.3) is 16.7 Å². The largest absolute Gasteiger partial charge is 0.378 e. The van der Waals surface area contributed by atoms with Crippen molar-refractivity contribution in [3.63, 3.8) is 0 Å². The van der Waals surface area contributed by atoms with Crippen molar-refractivity contribution >= 4 is 39.8 Å². The zero-order valence-corrected chi connectivity index (χ0v) is 17.0. The van der Waals surface area contributed by atoms with E-state index in [0.29, 0.717) is 0 Å². The van der Waals surface area contributed by atoms with Gasteiger partial charge in [-0.1, -0.05) is 6.07 Å². The van der Waals surface area contributed by atoms with Gasteiger partial charge >= 0.3 is 0 Å². The van der Waals surface area contributed by atoms with Gasteiger partial charge in [-0.2, -0.15) is 15.4 Å². The molecule has 31 heavy (non-hydrogen) atoms. The Morgan fingerprint density at radius 2 is 1.77 bits per heavy atom. The molecule has 0 amide bonds. The second kappa shape index (κ2) is 7.51. The molecule has 2 aromatic carbocycles. The van der Waals surface area contributed by atoms with Crippen LogP contribution in [-0.4, -0.2) is 71.4 Å². The van der Waals surface area contributed by atoms with Crippen molar-refractivity contribution in [2.24, 2.45) is 9.98 Å². The van der Waals surface area contributed by atoms with Gasteiger partial charge in [0.1, 0.15) is 11.0 Å². The van der Waals surface area contributed by atoms with E-state index in [2.05, 4.69) is 66.0 Å². The first-order chi connectivity index (χ1) is 15.3. The van der Waals surface area contributed by atoms with Gasteiger partial charge < -0.3 is 19.9 Å². The predicted octanol–water partition coefficient (Wildman–Crippen LogP) is 2.33. The van der Waals surface area contributed by atoms with E-state index >= 15 is 0 Å². The summed E-state index contributed by atoms with van der Waals surface area (Å²) in [5, 5.41) is 14.5. The number of nitrogens with one attached hydrogen (secondary N) is 2. The molecule has 2 N–H and O–H groups in total. The van der Waals surface area contributed by atoms with Crippen molar-refractivity contribution in [2.75, 3.05) is 49.6 Å². The third-order valence-corrected chi connectivity index (χ3v) is 5.72. The Labute approximate surface area is 179 Å². The zero-order valence-electron chi connectivity index (χ0n) is 17.0. The van der Waals surface area contributed by atoms with E-state index in [1.54, 1.807) is 0 Å². The fraction of sp³-hybridized carbons (Fsp3) is 0.273. The maximum atomic E-state index is 5.45. The molecule has 9 nitrogen and oxygen atoms in total. The molecular formula is C22H22N8O. The van der Waals surface area contributed by atoms with Crippen molar-refractivity contribution in [3.05, 3.63) is 54.2 Å². The third kappa shape index (κ3) is 3.42. The number of aromatic nitrogens is 3. The van der Waals surface area contributed by atoms with E-state index in [-0.39, 0.29) is 0 Å². The van der Waals surface area contributed by atoms with E-state index in [0.717, 1.165) is 79.0 Å². The molecule has 3 aromatic rings. The predicted molar refractivity (Wildman–Crippen MR) is 121 cm³/mol. The Morgan fingerprint density at radius 3 is 2.65 bits per heavy atom. The average molecular weight is 414 g/mol. The number of aromatic amines is 1. The van der Waals surface area contributed by atoms with Crippen LogP contribution < -0.4 is 10.2 Å². The number of morpholine rings is 1. The van der Waals surface area contributed by atoms with Gasteiger partial charge in [0.05, 0.1) is 25.5 Å². The smallest absolute Gasteiger partial charge is 0.174 e. The van der Waals surface area contributed by atoms with Crippen molar-refractivity contribution in [1.82, 2.24) is 20.3 Å². The lowest BCUT2D eigenvalue weighted by Crippen LogP contribution is -2.37. The van der Waals surface area contributed by atoms with E-state index in [4.69, 9.17) is 9.73 Å². The highest BCUT2D eigenvalue weighted by molar-refractivity contribution is 6.46. The van der Waals surface area contributed by atoms with Gasteiger partial charge in [0.2, 0.25) is 0 Å². The van der Waals surface area contributed by atoms with Gasteiger partial charge in [0.15, 0.2) is 11.7 Å². The first-order valence-corrected chi connectivity index (χ1v) is 10.5. The van der Waals surface area contributed by atoms with Gasteiger partial charge in [-0.05, 0) is 36.4 Å². The van der Waals surface area contributed by atoms with E-state index in [1.165, 1.54) is 5.69 Å². The standard InChI is InChI=1S/C22H22N8O/c1-6-18-19(27-28-26-18)13-15(1)20-14-30-8-7-23-22(30)21(25-20)24-16-2-4-17(5-3-16)29-9-11-31-12-10-29/h1-6,13-14H,7-12H2,(H,24,25)(H,26,27,28). The summed E-state index contributed by atoms with van der Waals surface area (Å²) < 4.78 is 5.45. The molecular weight excluding hydrogens is 392 g/mol. The molecule has 6 rings (SSSR count). The van der Waals surface area contributed by atoms with E-state index in [9.17, 15) is 0 Å². The summed E-state index contributed by atoms with van der Waals surface area (Å²) in [6, 6.07) is 14.4. The fourth-order valence-corrected chi connectivity index (χ4v) is 4.08. The van der Waals surface area contributed by atoms with Crippen molar-refractivity contribution < 1.29 is 4.74 Å². The van der Waals surface area contributed by atoms with E-state index < -0.39 is 0 Å². The van der Waals surface area contributed by atoms with Crippen LogP contribution in [0.3, 0.4) is 0 Å². The van der Waals surface area contributed by atoms with Gasteiger partial charge in [-0.3, -0.25) is 4.99 Å². The molecule has 4 heterocycles. The lowest BCUT2D eigenvalue weighted by molar-refractivity contribution is 0.122. The van der Waals surface area contributed by atoms with Gasteiger partial charge in [-0.15, -0.1) is 0 Å². The van der Waals surface area contributed by atoms with E-state index in [1.807, 2.05) is 18.2 Å². The van der Waals surface area contributed by atoms with Crippen LogP contribution in [0.5, 0.6) is 0 Å². The van der Waals surface area contributed by atoms with Crippen LogP contribution in [0.4, 0.5) is 11.4 Å². The molecule has 3 aliphatic rings. The summed E-state index contributed by atoms with van der Waals surface area (Å²) in [4.78, 5) is 14.0. The number of aliphatic imine (C=N–C) groups is 2. The number of nitrogens with zero attached hydrogens (tertiary/aromatic N) is 6. The molecule has 0 aliphatic carbocycles. The van der Waals surface area contributed by atoms with Crippen LogP contribution in [0.2, 0.25) is 0 Å². The first-order valence-electron chi connectivity index (χ1n) is 10.5. The summed E-state index contributed by atoms with van der Waals surface area (Å²) in [5.74, 6) is 1.64. The highest BCUT2D eigenvalue weighted by Crippen LogP contribution is 2.26. The monoisotopic (exact) mass is 414 g/mol. The first kappa shape index (κ1) is 18.1. The quantitative estimate of drug-likeness (QED) is 0.683. The zero-order chi connectivity index (χ0) is 20.6. The minimum Gasteiger partial charge on any atom is -0.378 e. The summed E-state index contributed by atoms with van der Waals surface area (Å²) in [5.41, 5.74) is 5.72. The second-order valence-electron chi connectivity index (χ2n) is 7.67. The molecule has 156 valence electrons. The molecule has 1 aromatic heterocycles. The molecule has 0 radical (unpaired) electrons. The summed E-state index contributed by atoms with van der Waals surface area (Å²) in [6.07, 6.45) is 2.06. The lowest BCUT2D eigenvalue weighted by Gasteiger charge is -2.29. The molecule has 0 atom stereocenters. The topological polar surface area (TPSA) is 94.0 Å². The van der Waals surface area contributed by atoms with Crippen molar-refractivity contribution in [2.45, 2.75) is 0 Å².